The van der Waals surface area contributed by atoms with E-state index in [1.54, 1.807) is 6.08 Å². The summed E-state index contributed by atoms with van der Waals surface area (Å²) in [6.45, 7) is 0. The van der Waals surface area contributed by atoms with E-state index < -0.39 is 11.6 Å². The lowest BCUT2D eigenvalue weighted by Gasteiger charge is -2.26. The molecular formula is C21H12O3. The topological polar surface area (TPSA) is 43.4 Å². The van der Waals surface area contributed by atoms with Gasteiger partial charge in [-0.15, -0.1) is 0 Å². The molecule has 0 amide bonds. The molecule has 114 valence electrons. The molecular weight excluding hydrogens is 300 g/mol. The summed E-state index contributed by atoms with van der Waals surface area (Å²) in [7, 11) is 0. The van der Waals surface area contributed by atoms with Gasteiger partial charge in [0.15, 0.2) is 0 Å². The molecule has 1 heterocycles. The fourth-order valence-corrected chi connectivity index (χ4v) is 3.61. The first-order valence-electron chi connectivity index (χ1n) is 7.84. The van der Waals surface area contributed by atoms with E-state index in [4.69, 9.17) is 4.74 Å². The number of Topliss-reactive ketones (excluding diaryl/α,β-unsaturated/α-hetero) is 1. The van der Waals surface area contributed by atoms with Crippen molar-refractivity contribution in [3.63, 3.8) is 0 Å². The number of hydrogen-bond acceptors (Lipinski definition) is 3. The lowest BCUT2D eigenvalue weighted by Crippen LogP contribution is -2.21. The first kappa shape index (κ1) is 13.3. The Morgan fingerprint density at radius 3 is 2.46 bits per heavy atom. The van der Waals surface area contributed by atoms with Crippen molar-refractivity contribution in [1.82, 2.24) is 0 Å². The Hall–Kier alpha value is -3.20. The highest BCUT2D eigenvalue weighted by Crippen LogP contribution is 2.45. The average Bonchev–Trinajstić information content (AvgIpc) is 2.63. The van der Waals surface area contributed by atoms with Crippen LogP contribution in [0.2, 0.25) is 0 Å². The van der Waals surface area contributed by atoms with Crippen molar-refractivity contribution in [3.8, 4) is 11.5 Å². The Balaban J connectivity index is 1.91. The van der Waals surface area contributed by atoms with Crippen LogP contribution in [0.3, 0.4) is 0 Å². The van der Waals surface area contributed by atoms with Gasteiger partial charge in [0.05, 0.1) is 0 Å². The molecule has 1 aliphatic heterocycles. The smallest absolute Gasteiger partial charge is 0.233 e. The van der Waals surface area contributed by atoms with E-state index in [1.165, 1.54) is 6.08 Å². The Morgan fingerprint density at radius 2 is 1.58 bits per heavy atom. The standard InChI is InChI=1S/C21H12O3/c22-17-10-9-14-13-6-2-3-7-15(13)21-16(19(14)20(17)23)11-12-5-1-4-8-18(12)24-21/h1-10H,11H2. The molecule has 1 aliphatic carbocycles. The van der Waals surface area contributed by atoms with E-state index in [0.717, 1.165) is 33.2 Å². The quantitative estimate of drug-likeness (QED) is 0.454. The number of ketones is 2. The summed E-state index contributed by atoms with van der Waals surface area (Å²) < 4.78 is 6.15. The Morgan fingerprint density at radius 1 is 0.833 bits per heavy atom. The number of carbonyl (C=O) groups excluding carboxylic acids is 2. The lowest BCUT2D eigenvalue weighted by molar-refractivity contribution is -0.110. The van der Waals surface area contributed by atoms with Gasteiger partial charge in [-0.05, 0) is 34.7 Å². The van der Waals surface area contributed by atoms with E-state index in [2.05, 4.69) is 0 Å². The van der Waals surface area contributed by atoms with Crippen molar-refractivity contribution >= 4 is 28.4 Å². The molecule has 0 saturated heterocycles. The van der Waals surface area contributed by atoms with Gasteiger partial charge in [-0.1, -0.05) is 42.5 Å². The van der Waals surface area contributed by atoms with Crippen LogP contribution in [0, 0.1) is 0 Å². The minimum absolute atomic E-state index is 0.447. The third-order valence-electron chi connectivity index (χ3n) is 4.71. The minimum Gasteiger partial charge on any atom is -0.456 e. The van der Waals surface area contributed by atoms with Crippen LogP contribution in [0.5, 0.6) is 11.5 Å². The number of carbonyl (C=O) groups is 2. The normalized spacial score (nSPS) is 14.8. The van der Waals surface area contributed by atoms with E-state index in [1.807, 2.05) is 48.5 Å². The lowest BCUT2D eigenvalue weighted by atomic mass is 9.83. The molecule has 0 unspecified atom stereocenters. The van der Waals surface area contributed by atoms with Crippen LogP contribution in [-0.2, 0) is 11.2 Å². The largest absolute Gasteiger partial charge is 0.456 e. The molecule has 0 spiro atoms. The van der Waals surface area contributed by atoms with Crippen molar-refractivity contribution in [2.45, 2.75) is 6.42 Å². The number of para-hydroxylation sites is 1. The number of hydrogen-bond donors (Lipinski definition) is 0. The number of allylic oxidation sites excluding steroid dienone is 1. The van der Waals surface area contributed by atoms with Crippen LogP contribution >= 0.6 is 0 Å². The number of fused-ring (bicyclic) bond motifs is 7. The summed E-state index contributed by atoms with van der Waals surface area (Å²) in [5, 5.41) is 1.90. The maximum Gasteiger partial charge on any atom is 0.233 e. The zero-order valence-corrected chi connectivity index (χ0v) is 12.7. The van der Waals surface area contributed by atoms with Crippen LogP contribution < -0.4 is 4.74 Å². The molecule has 0 aromatic heterocycles. The molecule has 24 heavy (non-hydrogen) atoms. The molecule has 2 aliphatic rings. The molecule has 0 fully saturated rings. The minimum atomic E-state index is -0.473. The summed E-state index contributed by atoms with van der Waals surface area (Å²) >= 11 is 0. The highest BCUT2D eigenvalue weighted by molar-refractivity contribution is 6.51. The predicted octanol–water partition coefficient (Wildman–Crippen LogP) is 4.31. The SMILES string of the molecule is O=C1C=Cc2c(c3c(c4ccccc24)Oc2ccccc2C3)C1=O. The average molecular weight is 312 g/mol. The molecule has 0 N–H and O–H groups in total. The second-order valence-corrected chi connectivity index (χ2v) is 6.06. The molecule has 3 aromatic rings. The van der Waals surface area contributed by atoms with Crippen LogP contribution in [-0.4, -0.2) is 11.6 Å². The zero-order chi connectivity index (χ0) is 16.3. The summed E-state index contributed by atoms with van der Waals surface area (Å²) in [5.74, 6) is 0.580. The number of ether oxygens (including phenoxy) is 1. The van der Waals surface area contributed by atoms with Crippen LogP contribution in [0.15, 0.2) is 54.6 Å². The fraction of sp³-hybridized carbons (Fsp3) is 0.0476. The van der Waals surface area contributed by atoms with Gasteiger partial charge >= 0.3 is 0 Å². The van der Waals surface area contributed by atoms with Gasteiger partial charge in [-0.25, -0.2) is 0 Å². The molecule has 0 saturated carbocycles. The summed E-state index contributed by atoms with van der Waals surface area (Å²) in [6.07, 6.45) is 3.70. The van der Waals surface area contributed by atoms with Gasteiger partial charge < -0.3 is 4.74 Å². The molecule has 0 radical (unpaired) electrons. The molecule has 0 atom stereocenters. The van der Waals surface area contributed by atoms with Crippen LogP contribution in [0.1, 0.15) is 27.0 Å². The first-order valence-corrected chi connectivity index (χ1v) is 7.84. The maximum absolute atomic E-state index is 12.6. The zero-order valence-electron chi connectivity index (χ0n) is 12.7. The fourth-order valence-electron chi connectivity index (χ4n) is 3.61. The van der Waals surface area contributed by atoms with Crippen molar-refractivity contribution in [3.05, 3.63) is 76.9 Å². The number of benzene rings is 3. The highest BCUT2D eigenvalue weighted by Gasteiger charge is 2.31. The van der Waals surface area contributed by atoms with Gasteiger partial charge in [-0.2, -0.15) is 0 Å². The van der Waals surface area contributed by atoms with E-state index in [-0.39, 0.29) is 0 Å². The van der Waals surface area contributed by atoms with Crippen molar-refractivity contribution in [2.75, 3.05) is 0 Å². The summed E-state index contributed by atoms with van der Waals surface area (Å²) in [4.78, 5) is 24.5. The first-order chi connectivity index (χ1) is 11.7. The monoisotopic (exact) mass is 312 g/mol. The predicted molar refractivity (Wildman–Crippen MR) is 91.6 cm³/mol. The second-order valence-electron chi connectivity index (χ2n) is 6.06. The van der Waals surface area contributed by atoms with Crippen LogP contribution in [0.25, 0.3) is 16.8 Å². The van der Waals surface area contributed by atoms with Crippen molar-refractivity contribution in [2.24, 2.45) is 0 Å². The van der Waals surface area contributed by atoms with Crippen LogP contribution in [0.4, 0.5) is 0 Å². The second kappa shape index (κ2) is 4.65. The highest BCUT2D eigenvalue weighted by atomic mass is 16.5. The van der Waals surface area contributed by atoms with Crippen molar-refractivity contribution in [1.29, 1.82) is 0 Å². The van der Waals surface area contributed by atoms with Crippen molar-refractivity contribution < 1.29 is 14.3 Å². The van der Waals surface area contributed by atoms with Gasteiger partial charge in [0.25, 0.3) is 0 Å². The van der Waals surface area contributed by atoms with Gasteiger partial charge in [0.1, 0.15) is 11.5 Å². The van der Waals surface area contributed by atoms with Gasteiger partial charge in [0, 0.05) is 22.9 Å². The summed E-state index contributed by atoms with van der Waals surface area (Å²) in [6, 6.07) is 15.7. The molecule has 0 bridgehead atoms. The molecule has 3 nitrogen and oxygen atoms in total. The van der Waals surface area contributed by atoms with E-state index in [0.29, 0.717) is 17.7 Å². The Bertz CT molecular complexity index is 1090. The Kier molecular flexibility index (Phi) is 2.57. The molecule has 5 rings (SSSR count). The van der Waals surface area contributed by atoms with Gasteiger partial charge in [0.2, 0.25) is 11.6 Å². The van der Waals surface area contributed by atoms with Gasteiger partial charge in [-0.3, -0.25) is 9.59 Å². The molecule has 3 aromatic carbocycles. The molecule has 3 heteroatoms. The summed E-state index contributed by atoms with van der Waals surface area (Å²) in [5.41, 5.74) is 3.14. The Labute approximate surface area is 138 Å². The number of rotatable bonds is 0. The van der Waals surface area contributed by atoms with E-state index >= 15 is 0 Å². The third kappa shape index (κ3) is 1.67. The third-order valence-corrected chi connectivity index (χ3v) is 4.71. The van der Waals surface area contributed by atoms with E-state index in [9.17, 15) is 9.59 Å². The maximum atomic E-state index is 12.6.